The van der Waals surface area contributed by atoms with Crippen LogP contribution in [0.5, 0.6) is 0 Å². The molecule has 0 saturated heterocycles. The van der Waals surface area contributed by atoms with Crippen molar-refractivity contribution in [2.24, 2.45) is 5.92 Å². The normalized spacial score (nSPS) is 12.2. The van der Waals surface area contributed by atoms with E-state index in [9.17, 15) is 4.79 Å². The van der Waals surface area contributed by atoms with Crippen LogP contribution in [0.1, 0.15) is 29.8 Å². The number of carbonyl (C=O) groups is 1. The van der Waals surface area contributed by atoms with Crippen molar-refractivity contribution in [3.63, 3.8) is 0 Å². The van der Waals surface area contributed by atoms with Gasteiger partial charge in [0.05, 0.1) is 0 Å². The summed E-state index contributed by atoms with van der Waals surface area (Å²) in [4.78, 5) is 15.8. The van der Waals surface area contributed by atoms with Crippen molar-refractivity contribution in [2.75, 3.05) is 13.2 Å². The summed E-state index contributed by atoms with van der Waals surface area (Å²) in [6.07, 6.45) is 4.11. The van der Waals surface area contributed by atoms with E-state index in [4.69, 9.17) is 5.11 Å². The van der Waals surface area contributed by atoms with E-state index in [-0.39, 0.29) is 18.4 Å². The quantitative estimate of drug-likeness (QED) is 0.781. The van der Waals surface area contributed by atoms with Gasteiger partial charge in [-0.05, 0) is 24.0 Å². The lowest BCUT2D eigenvalue weighted by atomic mass is 10.1. The minimum Gasteiger partial charge on any atom is -0.396 e. The van der Waals surface area contributed by atoms with Gasteiger partial charge in [0.2, 0.25) is 0 Å². The van der Waals surface area contributed by atoms with Crippen LogP contribution >= 0.6 is 0 Å². The predicted molar refractivity (Wildman–Crippen MR) is 62.2 cm³/mol. The van der Waals surface area contributed by atoms with E-state index in [1.807, 2.05) is 13.8 Å². The SMILES string of the molecule is CCc1cnccc1C(=O)NCC(C)CO. The van der Waals surface area contributed by atoms with E-state index >= 15 is 0 Å². The second kappa shape index (κ2) is 6.23. The summed E-state index contributed by atoms with van der Waals surface area (Å²) in [7, 11) is 0. The van der Waals surface area contributed by atoms with Gasteiger partial charge in [-0.25, -0.2) is 0 Å². The first-order chi connectivity index (χ1) is 7.69. The number of aromatic nitrogens is 1. The number of pyridine rings is 1. The lowest BCUT2D eigenvalue weighted by molar-refractivity contribution is 0.0941. The average molecular weight is 222 g/mol. The number of nitrogens with zero attached hydrogens (tertiary/aromatic N) is 1. The third kappa shape index (κ3) is 3.31. The number of nitrogens with one attached hydrogen (secondary N) is 1. The fourth-order valence-electron chi connectivity index (χ4n) is 1.36. The number of aryl methyl sites for hydroxylation is 1. The topological polar surface area (TPSA) is 62.2 Å². The summed E-state index contributed by atoms with van der Waals surface area (Å²) in [5, 5.41) is 11.7. The summed E-state index contributed by atoms with van der Waals surface area (Å²) < 4.78 is 0. The zero-order chi connectivity index (χ0) is 12.0. The van der Waals surface area contributed by atoms with Gasteiger partial charge in [0, 0.05) is 31.1 Å². The van der Waals surface area contributed by atoms with Gasteiger partial charge in [-0.1, -0.05) is 13.8 Å². The Kier molecular flexibility index (Phi) is 4.92. The number of hydrogen-bond donors (Lipinski definition) is 2. The van der Waals surface area contributed by atoms with Gasteiger partial charge < -0.3 is 10.4 Å². The molecule has 4 heteroatoms. The lowest BCUT2D eigenvalue weighted by Gasteiger charge is -2.11. The van der Waals surface area contributed by atoms with E-state index in [0.29, 0.717) is 12.1 Å². The van der Waals surface area contributed by atoms with Gasteiger partial charge in [0.1, 0.15) is 0 Å². The zero-order valence-electron chi connectivity index (χ0n) is 9.73. The molecule has 1 unspecified atom stereocenters. The van der Waals surface area contributed by atoms with E-state index in [1.54, 1.807) is 18.5 Å². The third-order valence-electron chi connectivity index (χ3n) is 2.45. The number of amides is 1. The van der Waals surface area contributed by atoms with Crippen molar-refractivity contribution < 1.29 is 9.90 Å². The molecule has 0 bridgehead atoms. The van der Waals surface area contributed by atoms with Gasteiger partial charge in [-0.15, -0.1) is 0 Å². The van der Waals surface area contributed by atoms with E-state index in [1.165, 1.54) is 0 Å². The first-order valence-electron chi connectivity index (χ1n) is 5.51. The number of rotatable bonds is 5. The molecule has 88 valence electrons. The minimum absolute atomic E-state index is 0.0795. The molecule has 0 radical (unpaired) electrons. The molecule has 1 rings (SSSR count). The van der Waals surface area contributed by atoms with Crippen molar-refractivity contribution >= 4 is 5.91 Å². The molecule has 0 aliphatic rings. The van der Waals surface area contributed by atoms with Gasteiger partial charge in [-0.2, -0.15) is 0 Å². The Morgan fingerprint density at radius 3 is 3.00 bits per heavy atom. The van der Waals surface area contributed by atoms with Crippen LogP contribution in [0.15, 0.2) is 18.5 Å². The highest BCUT2D eigenvalue weighted by Gasteiger charge is 2.10. The maximum absolute atomic E-state index is 11.8. The molecule has 1 aromatic rings. The van der Waals surface area contributed by atoms with Crippen molar-refractivity contribution in [3.05, 3.63) is 29.6 Å². The molecule has 0 aromatic carbocycles. The number of carbonyl (C=O) groups excluding carboxylic acids is 1. The summed E-state index contributed by atoms with van der Waals surface area (Å²) in [6, 6.07) is 1.72. The molecule has 1 atom stereocenters. The Morgan fingerprint density at radius 2 is 2.38 bits per heavy atom. The maximum atomic E-state index is 11.8. The minimum atomic E-state index is -0.0976. The van der Waals surface area contributed by atoms with Gasteiger partial charge in [0.15, 0.2) is 0 Å². The first kappa shape index (κ1) is 12.6. The molecule has 1 amide bonds. The second-order valence-corrected chi connectivity index (χ2v) is 3.88. The van der Waals surface area contributed by atoms with Gasteiger partial charge in [-0.3, -0.25) is 9.78 Å². The second-order valence-electron chi connectivity index (χ2n) is 3.88. The highest BCUT2D eigenvalue weighted by atomic mass is 16.3. The van der Waals surface area contributed by atoms with E-state index in [0.717, 1.165) is 12.0 Å². The van der Waals surface area contributed by atoms with E-state index in [2.05, 4.69) is 10.3 Å². The van der Waals surface area contributed by atoms with E-state index < -0.39 is 0 Å². The zero-order valence-corrected chi connectivity index (χ0v) is 9.73. The van der Waals surface area contributed by atoms with Gasteiger partial charge in [0.25, 0.3) is 5.91 Å². The molecule has 0 saturated carbocycles. The molecule has 0 aliphatic carbocycles. The highest BCUT2D eigenvalue weighted by Crippen LogP contribution is 2.07. The standard InChI is InChI=1S/C12H18N2O2/c1-3-10-7-13-5-4-11(10)12(16)14-6-9(2)8-15/h4-5,7,9,15H,3,6,8H2,1-2H3,(H,14,16). The molecule has 0 aliphatic heterocycles. The summed E-state index contributed by atoms with van der Waals surface area (Å²) in [5.74, 6) is -0.0181. The fraction of sp³-hybridized carbons (Fsp3) is 0.500. The van der Waals surface area contributed by atoms with Crippen molar-refractivity contribution in [2.45, 2.75) is 20.3 Å². The molecule has 1 aromatic heterocycles. The summed E-state index contributed by atoms with van der Waals surface area (Å²) >= 11 is 0. The molecular weight excluding hydrogens is 204 g/mol. The molecule has 0 fully saturated rings. The van der Waals surface area contributed by atoms with Crippen LogP contribution in [-0.2, 0) is 6.42 Å². The Balaban J connectivity index is 2.65. The Labute approximate surface area is 95.7 Å². The molecular formula is C12H18N2O2. The van der Waals surface area contributed by atoms with Crippen LogP contribution < -0.4 is 5.32 Å². The number of hydrogen-bond acceptors (Lipinski definition) is 3. The molecule has 16 heavy (non-hydrogen) atoms. The Bertz CT molecular complexity index is 353. The van der Waals surface area contributed by atoms with Crippen molar-refractivity contribution in [1.29, 1.82) is 0 Å². The van der Waals surface area contributed by atoms with Crippen LogP contribution in [0, 0.1) is 5.92 Å². The van der Waals surface area contributed by atoms with Crippen LogP contribution in [0.25, 0.3) is 0 Å². The van der Waals surface area contributed by atoms with Crippen LogP contribution in [0.4, 0.5) is 0 Å². The molecule has 1 heterocycles. The molecule has 4 nitrogen and oxygen atoms in total. The first-order valence-corrected chi connectivity index (χ1v) is 5.51. The van der Waals surface area contributed by atoms with Crippen molar-refractivity contribution in [1.82, 2.24) is 10.3 Å². The smallest absolute Gasteiger partial charge is 0.251 e. The Morgan fingerprint density at radius 1 is 1.62 bits per heavy atom. The third-order valence-corrected chi connectivity index (χ3v) is 2.45. The monoisotopic (exact) mass is 222 g/mol. The number of aliphatic hydroxyl groups is 1. The summed E-state index contributed by atoms with van der Waals surface area (Å²) in [5.41, 5.74) is 1.61. The molecule has 2 N–H and O–H groups in total. The summed E-state index contributed by atoms with van der Waals surface area (Å²) in [6.45, 7) is 4.44. The largest absolute Gasteiger partial charge is 0.396 e. The Hall–Kier alpha value is -1.42. The lowest BCUT2D eigenvalue weighted by Crippen LogP contribution is -2.30. The average Bonchev–Trinajstić information content (AvgIpc) is 2.35. The number of aliphatic hydroxyl groups excluding tert-OH is 1. The van der Waals surface area contributed by atoms with Gasteiger partial charge >= 0.3 is 0 Å². The van der Waals surface area contributed by atoms with Crippen LogP contribution in [0.3, 0.4) is 0 Å². The van der Waals surface area contributed by atoms with Crippen LogP contribution in [-0.4, -0.2) is 29.1 Å². The predicted octanol–water partition coefficient (Wildman–Crippen LogP) is 1.00. The fourth-order valence-corrected chi connectivity index (χ4v) is 1.36. The highest BCUT2D eigenvalue weighted by molar-refractivity contribution is 5.95. The van der Waals surface area contributed by atoms with Crippen LogP contribution in [0.2, 0.25) is 0 Å². The molecule has 0 spiro atoms. The maximum Gasteiger partial charge on any atom is 0.251 e. The van der Waals surface area contributed by atoms with Crippen molar-refractivity contribution in [3.8, 4) is 0 Å².